The molecule has 0 amide bonds. The molecule has 0 saturated heterocycles. The average molecular weight is 279 g/mol. The molecule has 1 aromatic rings. The summed E-state index contributed by atoms with van der Waals surface area (Å²) < 4.78 is 10.9. The topological polar surface area (TPSA) is 57.4 Å². The first-order valence-electron chi connectivity index (χ1n) is 5.17. The molecule has 0 saturated carbocycles. The molecule has 1 heterocycles. The van der Waals surface area contributed by atoms with Crippen LogP contribution >= 0.6 is 23.2 Å². The molecule has 0 aliphatic heterocycles. The predicted molar refractivity (Wildman–Crippen MR) is 69.9 cm³/mol. The molecule has 6 heteroatoms. The van der Waals surface area contributed by atoms with E-state index in [1.165, 1.54) is 6.20 Å². The third kappa shape index (κ3) is 4.58. The van der Waals surface area contributed by atoms with Crippen molar-refractivity contribution in [1.29, 1.82) is 0 Å². The molecule has 1 aromatic heterocycles. The summed E-state index contributed by atoms with van der Waals surface area (Å²) in [4.78, 5) is 3.95. The second-order valence-electron chi connectivity index (χ2n) is 4.45. The lowest BCUT2D eigenvalue weighted by atomic mass is 10.2. The van der Waals surface area contributed by atoms with Gasteiger partial charge in [-0.15, -0.1) is 0 Å². The van der Waals surface area contributed by atoms with Gasteiger partial charge >= 0.3 is 0 Å². The number of halogens is 2. The van der Waals surface area contributed by atoms with E-state index in [0.29, 0.717) is 18.2 Å². The molecule has 0 aliphatic carbocycles. The molecule has 2 N–H and O–H groups in total. The van der Waals surface area contributed by atoms with Gasteiger partial charge in [0.1, 0.15) is 11.6 Å². The van der Waals surface area contributed by atoms with E-state index in [4.69, 9.17) is 38.4 Å². The van der Waals surface area contributed by atoms with Crippen LogP contribution in [-0.2, 0) is 4.74 Å². The lowest BCUT2D eigenvalue weighted by Crippen LogP contribution is -2.22. The van der Waals surface area contributed by atoms with Gasteiger partial charge in [0.2, 0.25) is 5.88 Å². The molecule has 1 rings (SSSR count). The Morgan fingerprint density at radius 3 is 2.53 bits per heavy atom. The van der Waals surface area contributed by atoms with Crippen LogP contribution < -0.4 is 10.5 Å². The molecule has 0 radical (unpaired) electrons. The Balaban J connectivity index is 2.51. The molecule has 96 valence electrons. The van der Waals surface area contributed by atoms with Crippen molar-refractivity contribution in [2.24, 2.45) is 0 Å². The molecular formula is C11H16Cl2N2O2. The zero-order chi connectivity index (χ0) is 13.1. The number of anilines is 1. The summed E-state index contributed by atoms with van der Waals surface area (Å²) in [7, 11) is 0. The van der Waals surface area contributed by atoms with E-state index in [1.807, 2.05) is 20.8 Å². The third-order valence-corrected chi connectivity index (χ3v) is 2.50. The van der Waals surface area contributed by atoms with Crippen molar-refractivity contribution < 1.29 is 9.47 Å². The van der Waals surface area contributed by atoms with E-state index in [-0.39, 0.29) is 22.2 Å². The second kappa shape index (κ2) is 5.76. The normalized spacial score (nSPS) is 11.6. The van der Waals surface area contributed by atoms with Crippen LogP contribution in [0.3, 0.4) is 0 Å². The monoisotopic (exact) mass is 278 g/mol. The first-order chi connectivity index (χ1) is 7.81. The van der Waals surface area contributed by atoms with E-state index >= 15 is 0 Å². The highest BCUT2D eigenvalue weighted by molar-refractivity contribution is 6.39. The highest BCUT2D eigenvalue weighted by Crippen LogP contribution is 2.33. The van der Waals surface area contributed by atoms with Gasteiger partial charge in [0.25, 0.3) is 0 Å². The maximum absolute atomic E-state index is 5.93. The van der Waals surface area contributed by atoms with Crippen LogP contribution in [0.25, 0.3) is 0 Å². The predicted octanol–water partition coefficient (Wildman–Crippen LogP) is 3.16. The SMILES string of the molecule is CC(C)(C)OCCOc1ncc(Cl)c(N)c1Cl. The number of nitrogens with zero attached hydrogens (tertiary/aromatic N) is 1. The number of hydrogen-bond donors (Lipinski definition) is 1. The van der Waals surface area contributed by atoms with Gasteiger partial charge in [0.05, 0.1) is 29.1 Å². The van der Waals surface area contributed by atoms with Crippen molar-refractivity contribution in [2.45, 2.75) is 26.4 Å². The summed E-state index contributed by atoms with van der Waals surface area (Å²) in [5.74, 6) is 0.270. The number of rotatable bonds is 4. The Kier molecular flexibility index (Phi) is 4.86. The van der Waals surface area contributed by atoms with E-state index in [9.17, 15) is 0 Å². The van der Waals surface area contributed by atoms with Gasteiger partial charge in [-0.25, -0.2) is 4.98 Å². The Labute approximate surface area is 111 Å². The molecule has 0 bridgehead atoms. The van der Waals surface area contributed by atoms with Crippen LogP contribution in [0.4, 0.5) is 5.69 Å². The number of pyridine rings is 1. The minimum atomic E-state index is -0.195. The molecule has 0 aromatic carbocycles. The van der Waals surface area contributed by atoms with Gasteiger partial charge in [-0.3, -0.25) is 0 Å². The maximum Gasteiger partial charge on any atom is 0.234 e. The minimum absolute atomic E-state index is 0.195. The first kappa shape index (κ1) is 14.4. The van der Waals surface area contributed by atoms with E-state index in [0.717, 1.165) is 0 Å². The van der Waals surface area contributed by atoms with Crippen molar-refractivity contribution in [3.8, 4) is 5.88 Å². The smallest absolute Gasteiger partial charge is 0.234 e. The van der Waals surface area contributed by atoms with E-state index in [2.05, 4.69) is 4.98 Å². The van der Waals surface area contributed by atoms with Crippen LogP contribution in [0.5, 0.6) is 5.88 Å². The van der Waals surface area contributed by atoms with E-state index < -0.39 is 0 Å². The van der Waals surface area contributed by atoms with Gasteiger partial charge in [0, 0.05) is 0 Å². The summed E-state index contributed by atoms with van der Waals surface area (Å²) in [5, 5.41) is 0.543. The zero-order valence-electron chi connectivity index (χ0n) is 10.1. The zero-order valence-corrected chi connectivity index (χ0v) is 11.6. The fourth-order valence-corrected chi connectivity index (χ4v) is 1.45. The van der Waals surface area contributed by atoms with Crippen LogP contribution in [0.1, 0.15) is 20.8 Å². The van der Waals surface area contributed by atoms with Gasteiger partial charge in [-0.05, 0) is 20.8 Å². The minimum Gasteiger partial charge on any atom is -0.474 e. The second-order valence-corrected chi connectivity index (χ2v) is 5.23. The number of nitrogens with two attached hydrogens (primary N) is 1. The fourth-order valence-electron chi connectivity index (χ4n) is 1.05. The van der Waals surface area contributed by atoms with Crippen LogP contribution in [-0.4, -0.2) is 23.8 Å². The lowest BCUT2D eigenvalue weighted by molar-refractivity contribution is -0.0167. The molecule has 0 fully saturated rings. The highest BCUT2D eigenvalue weighted by atomic mass is 35.5. The molecule has 17 heavy (non-hydrogen) atoms. The van der Waals surface area contributed by atoms with Gasteiger partial charge < -0.3 is 15.2 Å². The van der Waals surface area contributed by atoms with Crippen molar-refractivity contribution in [3.05, 3.63) is 16.2 Å². The van der Waals surface area contributed by atoms with Crippen molar-refractivity contribution in [1.82, 2.24) is 4.98 Å². The molecule has 0 unspecified atom stereocenters. The summed E-state index contributed by atoms with van der Waals surface area (Å²) >= 11 is 11.7. The summed E-state index contributed by atoms with van der Waals surface area (Å²) in [5.41, 5.74) is 5.72. The molecule has 0 aliphatic rings. The Morgan fingerprint density at radius 2 is 1.94 bits per heavy atom. The van der Waals surface area contributed by atoms with Crippen molar-refractivity contribution in [3.63, 3.8) is 0 Å². The molecular weight excluding hydrogens is 263 g/mol. The Bertz CT molecular complexity index is 392. The fraction of sp³-hybridized carbons (Fsp3) is 0.545. The molecule has 0 atom stereocenters. The number of nitrogen functional groups attached to an aromatic ring is 1. The van der Waals surface area contributed by atoms with Gasteiger partial charge in [0.15, 0.2) is 0 Å². The molecule has 4 nitrogen and oxygen atoms in total. The standard InChI is InChI=1S/C11H16Cl2N2O2/c1-11(2,3)17-5-4-16-10-8(13)9(14)7(12)6-15-10/h6H,4-5H2,1-3H3,(H2,14,15). The van der Waals surface area contributed by atoms with Crippen molar-refractivity contribution in [2.75, 3.05) is 18.9 Å². The number of aromatic nitrogens is 1. The third-order valence-electron chi connectivity index (χ3n) is 1.83. The molecule has 0 spiro atoms. The first-order valence-corrected chi connectivity index (χ1v) is 5.93. The van der Waals surface area contributed by atoms with Crippen LogP contribution in [0, 0.1) is 0 Å². The summed E-state index contributed by atoms with van der Waals surface area (Å²) in [6.07, 6.45) is 1.41. The average Bonchev–Trinajstić information content (AvgIpc) is 2.22. The number of ether oxygens (including phenoxy) is 2. The summed E-state index contributed by atoms with van der Waals surface area (Å²) in [6.45, 7) is 6.71. The lowest BCUT2D eigenvalue weighted by Gasteiger charge is -2.19. The summed E-state index contributed by atoms with van der Waals surface area (Å²) in [6, 6.07) is 0. The maximum atomic E-state index is 5.93. The largest absolute Gasteiger partial charge is 0.474 e. The van der Waals surface area contributed by atoms with Crippen LogP contribution in [0.15, 0.2) is 6.20 Å². The van der Waals surface area contributed by atoms with Crippen LogP contribution in [0.2, 0.25) is 10.0 Å². The van der Waals surface area contributed by atoms with Gasteiger partial charge in [-0.2, -0.15) is 0 Å². The Hall–Kier alpha value is -0.710. The van der Waals surface area contributed by atoms with E-state index in [1.54, 1.807) is 0 Å². The van der Waals surface area contributed by atoms with Crippen molar-refractivity contribution >= 4 is 28.9 Å². The number of hydrogen-bond acceptors (Lipinski definition) is 4. The highest BCUT2D eigenvalue weighted by Gasteiger charge is 2.12. The van der Waals surface area contributed by atoms with Gasteiger partial charge in [-0.1, -0.05) is 23.2 Å². The quantitative estimate of drug-likeness (QED) is 0.860. The Morgan fingerprint density at radius 1 is 1.29 bits per heavy atom.